The number of carbonyl (C=O) groups excluding carboxylic acids is 1. The van der Waals surface area contributed by atoms with E-state index in [0.29, 0.717) is 13.0 Å². The Bertz CT molecular complexity index is 829. The van der Waals surface area contributed by atoms with Gasteiger partial charge in [0.05, 0.1) is 15.2 Å². The van der Waals surface area contributed by atoms with Crippen LogP contribution in [0.25, 0.3) is 10.2 Å². The van der Waals surface area contributed by atoms with Crippen LogP contribution in [0.5, 0.6) is 0 Å². The molecule has 1 atom stereocenters. The third kappa shape index (κ3) is 5.54. The number of rotatable bonds is 9. The van der Waals surface area contributed by atoms with Gasteiger partial charge in [0.25, 0.3) is 0 Å². The van der Waals surface area contributed by atoms with Gasteiger partial charge >= 0.3 is 0 Å². The number of anilines is 1. The van der Waals surface area contributed by atoms with Crippen molar-refractivity contribution in [2.24, 2.45) is 0 Å². The molecule has 0 radical (unpaired) electrons. The molecule has 0 aliphatic carbocycles. The molecule has 0 aliphatic heterocycles. The Morgan fingerprint density at radius 1 is 1.11 bits per heavy atom. The highest BCUT2D eigenvalue weighted by molar-refractivity contribution is 7.18. The van der Waals surface area contributed by atoms with E-state index in [1.54, 1.807) is 11.3 Å². The largest absolute Gasteiger partial charge is 0.370 e. The maximum Gasteiger partial charge on any atom is 0.220 e. The van der Waals surface area contributed by atoms with Crippen molar-refractivity contribution in [3.63, 3.8) is 0 Å². The molecule has 0 fully saturated rings. The molecule has 1 unspecified atom stereocenters. The number of nitrogens with one attached hydrogen (secondary N) is 1. The minimum Gasteiger partial charge on any atom is -0.370 e. The summed E-state index contributed by atoms with van der Waals surface area (Å²) in [4.78, 5) is 19.0. The zero-order valence-corrected chi connectivity index (χ0v) is 16.8. The summed E-state index contributed by atoms with van der Waals surface area (Å²) in [5.41, 5.74) is 2.24. The lowest BCUT2D eigenvalue weighted by molar-refractivity contribution is -0.121. The van der Waals surface area contributed by atoms with Crippen molar-refractivity contribution in [3.8, 4) is 0 Å². The first-order valence-corrected chi connectivity index (χ1v) is 10.3. The molecule has 0 spiro atoms. The number of para-hydroxylation sites is 2. The van der Waals surface area contributed by atoms with Crippen molar-refractivity contribution in [2.75, 3.05) is 18.5 Å². The van der Waals surface area contributed by atoms with E-state index in [2.05, 4.69) is 53.4 Å². The number of amides is 1. The summed E-state index contributed by atoms with van der Waals surface area (Å²) >= 11 is 1.75. The molecule has 2 aromatic carbocycles. The van der Waals surface area contributed by atoms with Crippen molar-refractivity contribution < 1.29 is 4.79 Å². The van der Waals surface area contributed by atoms with Gasteiger partial charge in [-0.05, 0) is 50.5 Å². The summed E-state index contributed by atoms with van der Waals surface area (Å²) in [7, 11) is 2.06. The van der Waals surface area contributed by atoms with Gasteiger partial charge < -0.3 is 10.2 Å². The maximum atomic E-state index is 12.1. The molecule has 27 heavy (non-hydrogen) atoms. The summed E-state index contributed by atoms with van der Waals surface area (Å²) in [5.74, 6) is 0.132. The van der Waals surface area contributed by atoms with Gasteiger partial charge in [0.2, 0.25) is 5.91 Å². The summed E-state index contributed by atoms with van der Waals surface area (Å²) in [6.45, 7) is 2.78. The van der Waals surface area contributed by atoms with Crippen LogP contribution >= 0.6 is 11.3 Å². The van der Waals surface area contributed by atoms with Gasteiger partial charge in [-0.2, -0.15) is 0 Å². The van der Waals surface area contributed by atoms with E-state index in [1.165, 1.54) is 4.70 Å². The molecule has 1 amide bonds. The monoisotopic (exact) mass is 381 g/mol. The lowest BCUT2D eigenvalue weighted by Gasteiger charge is -2.27. The number of benzene rings is 2. The molecule has 1 heterocycles. The number of nitrogens with zero attached hydrogens (tertiary/aromatic N) is 2. The Kier molecular flexibility index (Phi) is 6.82. The number of aromatic nitrogens is 1. The van der Waals surface area contributed by atoms with Gasteiger partial charge in [0.15, 0.2) is 0 Å². The Morgan fingerprint density at radius 2 is 1.85 bits per heavy atom. The van der Waals surface area contributed by atoms with E-state index in [9.17, 15) is 4.79 Å². The first-order chi connectivity index (χ1) is 13.1. The van der Waals surface area contributed by atoms with Gasteiger partial charge in [-0.3, -0.25) is 4.79 Å². The Balaban J connectivity index is 1.34. The predicted octanol–water partition coefficient (Wildman–Crippen LogP) is 4.65. The first-order valence-electron chi connectivity index (χ1n) is 9.52. The Hall–Kier alpha value is -2.40. The highest BCUT2D eigenvalue weighted by Crippen LogP contribution is 2.22. The van der Waals surface area contributed by atoms with Crippen LogP contribution in [0.3, 0.4) is 0 Å². The highest BCUT2D eigenvalue weighted by atomic mass is 32.1. The molecule has 4 nitrogen and oxygen atoms in total. The van der Waals surface area contributed by atoms with Crippen LogP contribution in [-0.4, -0.2) is 30.5 Å². The molecular weight excluding hydrogens is 354 g/mol. The average molecular weight is 382 g/mol. The fourth-order valence-corrected chi connectivity index (χ4v) is 4.00. The van der Waals surface area contributed by atoms with Crippen molar-refractivity contribution in [1.82, 2.24) is 10.3 Å². The fourth-order valence-electron chi connectivity index (χ4n) is 2.99. The van der Waals surface area contributed by atoms with Gasteiger partial charge in [-0.25, -0.2) is 4.98 Å². The number of aryl methyl sites for hydroxylation is 1. The number of carbonyl (C=O) groups is 1. The van der Waals surface area contributed by atoms with Crippen LogP contribution in [0.15, 0.2) is 54.6 Å². The molecular formula is C22H27N3OS. The minimum absolute atomic E-state index is 0.132. The summed E-state index contributed by atoms with van der Waals surface area (Å²) < 4.78 is 1.24. The van der Waals surface area contributed by atoms with Crippen LogP contribution in [-0.2, 0) is 11.2 Å². The smallest absolute Gasteiger partial charge is 0.220 e. The molecule has 0 bridgehead atoms. The second-order valence-electron chi connectivity index (χ2n) is 6.88. The van der Waals surface area contributed by atoms with Crippen LogP contribution in [0.4, 0.5) is 5.69 Å². The normalized spacial score (nSPS) is 12.1. The molecule has 0 aliphatic rings. The molecule has 142 valence electrons. The number of hydrogen-bond acceptors (Lipinski definition) is 4. The lowest BCUT2D eigenvalue weighted by atomic mass is 10.2. The Morgan fingerprint density at radius 3 is 2.63 bits per heavy atom. The van der Waals surface area contributed by atoms with Crippen LogP contribution < -0.4 is 10.2 Å². The number of unbranched alkanes of at least 4 members (excludes halogenated alkanes) is 1. The van der Waals surface area contributed by atoms with E-state index in [1.807, 2.05) is 30.3 Å². The Labute approximate surface area is 165 Å². The van der Waals surface area contributed by atoms with Gasteiger partial charge in [0, 0.05) is 31.7 Å². The van der Waals surface area contributed by atoms with E-state index >= 15 is 0 Å². The minimum atomic E-state index is 0.132. The molecule has 5 heteroatoms. The van der Waals surface area contributed by atoms with Crippen LogP contribution in [0.2, 0.25) is 0 Å². The van der Waals surface area contributed by atoms with Gasteiger partial charge in [0.1, 0.15) is 0 Å². The first kappa shape index (κ1) is 19.4. The topological polar surface area (TPSA) is 45.2 Å². The average Bonchev–Trinajstić information content (AvgIpc) is 3.12. The number of thiazole rings is 1. The van der Waals surface area contributed by atoms with E-state index in [0.717, 1.165) is 35.5 Å². The molecule has 3 aromatic rings. The molecule has 0 saturated carbocycles. The second kappa shape index (κ2) is 9.51. The number of likely N-dealkylation sites (N-methyl/N-ethyl adjacent to an activating group) is 1. The summed E-state index contributed by atoms with van der Waals surface area (Å²) in [6, 6.07) is 18.7. The second-order valence-corrected chi connectivity index (χ2v) is 8.00. The lowest BCUT2D eigenvalue weighted by Crippen LogP contribution is -2.40. The SMILES string of the molecule is CC(CNC(=O)CCCCc1nc2ccccc2s1)N(C)c1ccccc1. The summed E-state index contributed by atoms with van der Waals surface area (Å²) in [6.07, 6.45) is 3.41. The quantitative estimate of drug-likeness (QED) is 0.549. The predicted molar refractivity (Wildman–Crippen MR) is 114 cm³/mol. The third-order valence-electron chi connectivity index (χ3n) is 4.80. The van der Waals surface area contributed by atoms with Crippen LogP contribution in [0.1, 0.15) is 31.2 Å². The highest BCUT2D eigenvalue weighted by Gasteiger charge is 2.11. The summed E-state index contributed by atoms with van der Waals surface area (Å²) in [5, 5.41) is 4.22. The van der Waals surface area contributed by atoms with Crippen molar-refractivity contribution in [1.29, 1.82) is 0 Å². The molecule has 0 saturated heterocycles. The van der Waals surface area contributed by atoms with Crippen molar-refractivity contribution >= 4 is 33.1 Å². The van der Waals surface area contributed by atoms with E-state index < -0.39 is 0 Å². The molecule has 1 aromatic heterocycles. The zero-order valence-electron chi connectivity index (χ0n) is 16.0. The van der Waals surface area contributed by atoms with Crippen LogP contribution in [0, 0.1) is 0 Å². The van der Waals surface area contributed by atoms with E-state index in [4.69, 9.17) is 0 Å². The third-order valence-corrected chi connectivity index (χ3v) is 5.90. The van der Waals surface area contributed by atoms with E-state index in [-0.39, 0.29) is 11.9 Å². The number of fused-ring (bicyclic) bond motifs is 1. The van der Waals surface area contributed by atoms with Gasteiger partial charge in [-0.15, -0.1) is 11.3 Å². The zero-order chi connectivity index (χ0) is 19.1. The van der Waals surface area contributed by atoms with Crippen molar-refractivity contribution in [2.45, 2.75) is 38.6 Å². The molecule has 3 rings (SSSR count). The standard InChI is InChI=1S/C22H27N3OS/c1-17(25(2)18-10-4-3-5-11-18)16-23-21(26)14-8-9-15-22-24-19-12-6-7-13-20(19)27-22/h3-7,10-13,17H,8-9,14-16H2,1-2H3,(H,23,26). The fraction of sp³-hybridized carbons (Fsp3) is 0.364. The van der Waals surface area contributed by atoms with Gasteiger partial charge in [-0.1, -0.05) is 30.3 Å². The number of hydrogen-bond donors (Lipinski definition) is 1. The van der Waals surface area contributed by atoms with Crippen molar-refractivity contribution in [3.05, 3.63) is 59.6 Å². The maximum absolute atomic E-state index is 12.1. The molecule has 1 N–H and O–H groups in total.